The van der Waals surface area contributed by atoms with E-state index < -0.39 is 0 Å². The fourth-order valence-electron chi connectivity index (χ4n) is 2.86. The quantitative estimate of drug-likeness (QED) is 0.649. The third kappa shape index (κ3) is 3.02. The average molecular weight is 339 g/mol. The molecule has 0 bridgehead atoms. The number of nitrogens with zero attached hydrogens (tertiary/aromatic N) is 6. The zero-order valence-electron chi connectivity index (χ0n) is 13.6. The van der Waals surface area contributed by atoms with E-state index >= 15 is 0 Å². The fraction of sp³-hybridized carbons (Fsp3) is 0.250. The number of carbonyl (C=O) groups is 1. The highest BCUT2D eigenvalue weighted by Gasteiger charge is 2.27. The monoisotopic (exact) mass is 339 g/mol. The number of nitrogens with two attached hydrogens (primary N) is 1. The molecule has 0 aliphatic carbocycles. The number of aromatic nitrogens is 4. The lowest BCUT2D eigenvalue weighted by Gasteiger charge is -2.39. The van der Waals surface area contributed by atoms with Crippen molar-refractivity contribution in [1.29, 1.82) is 5.26 Å². The highest BCUT2D eigenvalue weighted by molar-refractivity contribution is 5.84. The van der Waals surface area contributed by atoms with E-state index in [1.54, 1.807) is 15.4 Å². The van der Waals surface area contributed by atoms with Gasteiger partial charge in [-0.3, -0.25) is 9.48 Å². The Bertz CT molecular complexity index is 947. The summed E-state index contributed by atoms with van der Waals surface area (Å²) in [5.74, 6) is 0. The molecule has 1 aliphatic heterocycles. The van der Waals surface area contributed by atoms with Crippen molar-refractivity contribution in [2.45, 2.75) is 6.04 Å². The van der Waals surface area contributed by atoms with Crippen molar-refractivity contribution in [3.05, 3.63) is 36.4 Å². The van der Waals surface area contributed by atoms with Crippen LogP contribution in [-0.4, -0.2) is 50.1 Å². The number of nitriles is 1. The molecule has 0 unspecified atom stereocenters. The maximum atomic E-state index is 9.30. The van der Waals surface area contributed by atoms with Crippen molar-refractivity contribution in [1.82, 2.24) is 19.4 Å². The van der Waals surface area contributed by atoms with Gasteiger partial charge in [-0.15, -0.1) is 0 Å². The van der Waals surface area contributed by atoms with E-state index in [1.807, 2.05) is 25.6 Å². The Balaban J connectivity index is 0.000000569. The molecule has 3 aromatic heterocycles. The molecule has 1 aliphatic rings. The van der Waals surface area contributed by atoms with E-state index in [4.69, 9.17) is 15.6 Å². The van der Waals surface area contributed by atoms with Gasteiger partial charge < -0.3 is 15.7 Å². The summed E-state index contributed by atoms with van der Waals surface area (Å²) in [4.78, 5) is 10.5. The third-order valence-corrected chi connectivity index (χ3v) is 4.00. The lowest BCUT2D eigenvalue weighted by Crippen LogP contribution is -2.56. The van der Waals surface area contributed by atoms with Crippen LogP contribution in [0.15, 0.2) is 30.9 Å². The molecule has 9 nitrogen and oxygen atoms in total. The number of aryl methyl sites for hydroxylation is 1. The van der Waals surface area contributed by atoms with Crippen molar-refractivity contribution in [2.75, 3.05) is 18.0 Å². The number of anilines is 1. The van der Waals surface area contributed by atoms with E-state index in [1.165, 1.54) is 0 Å². The Morgan fingerprint density at radius 2 is 2.04 bits per heavy atom. The SMILES string of the molecule is Cn1cc(-c2cc(N3CC(N)C3)c3c(C#N)cnn3c2)cn1.O=CO. The molecule has 0 radical (unpaired) electrons. The molecule has 4 rings (SSSR count). The van der Waals surface area contributed by atoms with Gasteiger partial charge in [-0.05, 0) is 6.07 Å². The zero-order valence-corrected chi connectivity index (χ0v) is 13.6. The van der Waals surface area contributed by atoms with E-state index in [2.05, 4.69) is 27.2 Å². The number of hydrogen-bond acceptors (Lipinski definition) is 6. The Morgan fingerprint density at radius 1 is 1.32 bits per heavy atom. The molecule has 1 fully saturated rings. The van der Waals surface area contributed by atoms with Crippen molar-refractivity contribution in [3.8, 4) is 17.2 Å². The van der Waals surface area contributed by atoms with Gasteiger partial charge in [0, 0.05) is 49.7 Å². The standard InChI is InChI=1S/C15H15N7.CH2O2/c1-20-6-12(5-18-20)10-2-14(21-8-13(17)9-21)15-11(3-16)4-19-22(15)7-10;2-1-3/h2,4-7,13H,8-9,17H2,1H3;1H,(H,2,3). The van der Waals surface area contributed by atoms with Crippen LogP contribution in [0.2, 0.25) is 0 Å². The minimum absolute atomic E-state index is 0.190. The Morgan fingerprint density at radius 3 is 2.60 bits per heavy atom. The predicted molar refractivity (Wildman–Crippen MR) is 91.0 cm³/mol. The van der Waals surface area contributed by atoms with Crippen molar-refractivity contribution < 1.29 is 9.90 Å². The van der Waals surface area contributed by atoms with Crippen LogP contribution in [0.25, 0.3) is 16.6 Å². The molecule has 25 heavy (non-hydrogen) atoms. The molecule has 3 aromatic rings. The summed E-state index contributed by atoms with van der Waals surface area (Å²) >= 11 is 0. The van der Waals surface area contributed by atoms with Crippen LogP contribution in [0.1, 0.15) is 5.56 Å². The van der Waals surface area contributed by atoms with Gasteiger partial charge in [-0.1, -0.05) is 0 Å². The summed E-state index contributed by atoms with van der Waals surface area (Å²) < 4.78 is 3.53. The molecule has 0 atom stereocenters. The predicted octanol–water partition coefficient (Wildman–Crippen LogP) is 0.455. The molecular formula is C16H17N7O2. The second kappa shape index (κ2) is 6.62. The number of rotatable bonds is 2. The summed E-state index contributed by atoms with van der Waals surface area (Å²) in [6, 6.07) is 4.48. The highest BCUT2D eigenvalue weighted by atomic mass is 16.3. The second-order valence-corrected chi connectivity index (χ2v) is 5.75. The molecule has 9 heteroatoms. The van der Waals surface area contributed by atoms with E-state index in [-0.39, 0.29) is 12.5 Å². The molecule has 4 heterocycles. The molecule has 0 spiro atoms. The minimum Gasteiger partial charge on any atom is -0.483 e. The summed E-state index contributed by atoms with van der Waals surface area (Å²) in [5, 5.41) is 24.7. The Labute approximate surface area is 143 Å². The van der Waals surface area contributed by atoms with Gasteiger partial charge in [0.25, 0.3) is 6.47 Å². The molecule has 1 saturated heterocycles. The Kier molecular flexibility index (Phi) is 4.36. The number of hydrogen-bond donors (Lipinski definition) is 2. The van der Waals surface area contributed by atoms with Crippen LogP contribution >= 0.6 is 0 Å². The maximum Gasteiger partial charge on any atom is 0.290 e. The second-order valence-electron chi connectivity index (χ2n) is 5.75. The fourth-order valence-corrected chi connectivity index (χ4v) is 2.86. The first-order chi connectivity index (χ1) is 12.1. The van der Waals surface area contributed by atoms with Crippen LogP contribution < -0.4 is 10.6 Å². The van der Waals surface area contributed by atoms with E-state index in [9.17, 15) is 5.26 Å². The number of fused-ring (bicyclic) bond motifs is 1. The maximum absolute atomic E-state index is 9.30. The van der Waals surface area contributed by atoms with Crippen molar-refractivity contribution in [2.24, 2.45) is 12.8 Å². The normalized spacial score (nSPS) is 13.7. The molecule has 0 saturated carbocycles. The van der Waals surface area contributed by atoms with Gasteiger partial charge in [-0.25, -0.2) is 4.52 Å². The third-order valence-electron chi connectivity index (χ3n) is 4.00. The summed E-state index contributed by atoms with van der Waals surface area (Å²) in [6.45, 7) is 1.34. The molecule has 0 aromatic carbocycles. The molecule has 3 N–H and O–H groups in total. The van der Waals surface area contributed by atoms with E-state index in [0.29, 0.717) is 5.56 Å². The molecule has 128 valence electrons. The topological polar surface area (TPSA) is 125 Å². The van der Waals surface area contributed by atoms with E-state index in [0.717, 1.165) is 35.4 Å². The van der Waals surface area contributed by atoms with Crippen LogP contribution in [0.4, 0.5) is 5.69 Å². The lowest BCUT2D eigenvalue weighted by atomic mass is 10.0. The number of carboxylic acid groups (broad SMARTS) is 1. The van der Waals surface area contributed by atoms with Crippen LogP contribution in [0.5, 0.6) is 0 Å². The van der Waals surface area contributed by atoms with Crippen molar-refractivity contribution >= 4 is 17.7 Å². The van der Waals surface area contributed by atoms with Gasteiger partial charge in [-0.2, -0.15) is 15.5 Å². The van der Waals surface area contributed by atoms with Gasteiger partial charge in [0.05, 0.1) is 23.6 Å². The summed E-state index contributed by atoms with van der Waals surface area (Å²) in [6.07, 6.45) is 7.31. The van der Waals surface area contributed by atoms with Gasteiger partial charge in [0.1, 0.15) is 11.6 Å². The first-order valence-electron chi connectivity index (χ1n) is 7.56. The van der Waals surface area contributed by atoms with Gasteiger partial charge >= 0.3 is 0 Å². The largest absolute Gasteiger partial charge is 0.483 e. The van der Waals surface area contributed by atoms with Gasteiger partial charge in [0.15, 0.2) is 0 Å². The summed E-state index contributed by atoms with van der Waals surface area (Å²) in [5.41, 5.74) is 10.4. The van der Waals surface area contributed by atoms with Crippen LogP contribution in [-0.2, 0) is 11.8 Å². The zero-order chi connectivity index (χ0) is 18.0. The Hall–Kier alpha value is -3.38. The van der Waals surface area contributed by atoms with Crippen molar-refractivity contribution in [3.63, 3.8) is 0 Å². The van der Waals surface area contributed by atoms with Crippen LogP contribution in [0.3, 0.4) is 0 Å². The average Bonchev–Trinajstić information content (AvgIpc) is 3.17. The van der Waals surface area contributed by atoms with Crippen LogP contribution in [0, 0.1) is 11.3 Å². The first-order valence-corrected chi connectivity index (χ1v) is 7.56. The minimum atomic E-state index is -0.250. The molecular weight excluding hydrogens is 322 g/mol. The van der Waals surface area contributed by atoms with Gasteiger partial charge in [0.2, 0.25) is 0 Å². The lowest BCUT2D eigenvalue weighted by molar-refractivity contribution is -0.122. The molecule has 0 amide bonds. The summed E-state index contributed by atoms with van der Waals surface area (Å²) in [7, 11) is 1.89. The highest BCUT2D eigenvalue weighted by Crippen LogP contribution is 2.32. The first kappa shape index (κ1) is 16.5. The number of pyridine rings is 1. The smallest absolute Gasteiger partial charge is 0.290 e.